The summed E-state index contributed by atoms with van der Waals surface area (Å²) in [5, 5.41) is 11.7. The van der Waals surface area contributed by atoms with E-state index in [0.717, 1.165) is 16.7 Å². The van der Waals surface area contributed by atoms with Gasteiger partial charge in [0.1, 0.15) is 17.8 Å². The van der Waals surface area contributed by atoms with E-state index in [1.54, 1.807) is 0 Å². The van der Waals surface area contributed by atoms with Crippen LogP contribution in [0.4, 0.5) is 0 Å². The van der Waals surface area contributed by atoms with Crippen LogP contribution in [-0.2, 0) is 19.8 Å². The molecule has 1 aromatic heterocycles. The maximum absolute atomic E-state index is 12.8. The molecular formula is C32H33N3O6. The van der Waals surface area contributed by atoms with E-state index in [2.05, 4.69) is 9.88 Å². The van der Waals surface area contributed by atoms with E-state index in [4.69, 9.17) is 14.2 Å². The fraction of sp³-hybridized carbons (Fsp3) is 0.312. The Labute approximate surface area is 237 Å². The van der Waals surface area contributed by atoms with E-state index < -0.39 is 41.3 Å². The van der Waals surface area contributed by atoms with Crippen LogP contribution < -0.4 is 11.2 Å². The summed E-state index contributed by atoms with van der Waals surface area (Å²) in [6.07, 6.45) is -1.16. The van der Waals surface area contributed by atoms with Crippen LogP contribution in [0.5, 0.6) is 0 Å². The molecule has 0 spiro atoms. The molecule has 3 heterocycles. The molecule has 3 aromatic carbocycles. The molecule has 2 aliphatic heterocycles. The molecule has 4 aromatic rings. The van der Waals surface area contributed by atoms with Crippen LogP contribution in [0.3, 0.4) is 0 Å². The van der Waals surface area contributed by atoms with Crippen molar-refractivity contribution in [2.75, 3.05) is 32.9 Å². The van der Waals surface area contributed by atoms with Gasteiger partial charge in [-0.15, -0.1) is 0 Å². The summed E-state index contributed by atoms with van der Waals surface area (Å²) in [7, 11) is 0. The lowest BCUT2D eigenvalue weighted by atomic mass is 9.80. The zero-order valence-electron chi connectivity index (χ0n) is 22.5. The Balaban J connectivity index is 1.39. The Morgan fingerprint density at radius 1 is 0.829 bits per heavy atom. The van der Waals surface area contributed by atoms with E-state index in [9.17, 15) is 14.7 Å². The number of hydrogen-bond donors (Lipinski definition) is 2. The summed E-state index contributed by atoms with van der Waals surface area (Å²) in [4.78, 5) is 29.0. The number of nitrogens with one attached hydrogen (secondary N) is 1. The molecule has 9 heteroatoms. The first-order valence-corrected chi connectivity index (χ1v) is 13.9. The number of aliphatic hydroxyl groups excluding tert-OH is 1. The van der Waals surface area contributed by atoms with Gasteiger partial charge < -0.3 is 19.3 Å². The minimum atomic E-state index is -0.992. The van der Waals surface area contributed by atoms with Crippen molar-refractivity contribution in [3.63, 3.8) is 0 Å². The van der Waals surface area contributed by atoms with Crippen molar-refractivity contribution < 1.29 is 19.3 Å². The highest BCUT2D eigenvalue weighted by Crippen LogP contribution is 2.42. The van der Waals surface area contributed by atoms with Crippen molar-refractivity contribution in [2.45, 2.75) is 30.1 Å². The Bertz CT molecular complexity index is 1440. The average molecular weight is 556 g/mol. The number of aromatic amines is 1. The van der Waals surface area contributed by atoms with E-state index in [-0.39, 0.29) is 6.61 Å². The number of H-pyrrole nitrogens is 1. The predicted octanol–water partition coefficient (Wildman–Crippen LogP) is 2.50. The van der Waals surface area contributed by atoms with Gasteiger partial charge in [-0.05, 0) is 16.7 Å². The lowest BCUT2D eigenvalue weighted by Gasteiger charge is -2.37. The van der Waals surface area contributed by atoms with Crippen LogP contribution in [-0.4, -0.2) is 70.7 Å². The van der Waals surface area contributed by atoms with Gasteiger partial charge in [-0.1, -0.05) is 91.0 Å². The molecule has 2 aliphatic rings. The second-order valence-corrected chi connectivity index (χ2v) is 10.3. The second kappa shape index (κ2) is 11.9. The van der Waals surface area contributed by atoms with Gasteiger partial charge in [0.15, 0.2) is 6.23 Å². The number of nitrogens with zero attached hydrogens (tertiary/aromatic N) is 2. The molecule has 4 atom stereocenters. The number of benzene rings is 3. The number of morpholine rings is 1. The number of ether oxygens (including phenoxy) is 3. The Morgan fingerprint density at radius 3 is 1.88 bits per heavy atom. The molecule has 2 N–H and O–H groups in total. The lowest BCUT2D eigenvalue weighted by Crippen LogP contribution is -2.52. The fourth-order valence-corrected chi connectivity index (χ4v) is 5.97. The number of rotatable bonds is 8. The standard InChI is InChI=1S/C32H33N3O6/c36-27-16-17-35(31(38)33-27)30-28(34-18-20-39-21-19-34)29(37)26(41-30)22-40-32(23-10-4-1-5-11-23,24-12-6-2-7-13-24)25-14-8-3-9-15-25/h1-17,26,28-30,37H,18-22H2,(H,33,36,38)/t26-,28-,29+,30-/m1/s1. The smallest absolute Gasteiger partial charge is 0.330 e. The highest BCUT2D eigenvalue weighted by molar-refractivity contribution is 5.47. The number of aromatic nitrogens is 2. The van der Waals surface area contributed by atoms with Gasteiger partial charge in [0.25, 0.3) is 5.56 Å². The fourth-order valence-electron chi connectivity index (χ4n) is 5.97. The highest BCUT2D eigenvalue weighted by atomic mass is 16.6. The largest absolute Gasteiger partial charge is 0.388 e. The second-order valence-electron chi connectivity index (χ2n) is 10.3. The first kappa shape index (κ1) is 27.3. The highest BCUT2D eigenvalue weighted by Gasteiger charge is 2.49. The summed E-state index contributed by atoms with van der Waals surface area (Å²) in [6, 6.07) is 30.7. The molecule has 2 fully saturated rings. The van der Waals surface area contributed by atoms with Crippen molar-refractivity contribution in [2.24, 2.45) is 0 Å². The van der Waals surface area contributed by atoms with Crippen LogP contribution in [0.25, 0.3) is 0 Å². The van der Waals surface area contributed by atoms with Crippen molar-refractivity contribution in [3.05, 3.63) is 141 Å². The molecule has 41 heavy (non-hydrogen) atoms. The summed E-state index contributed by atoms with van der Waals surface area (Å²) in [6.45, 7) is 2.22. The minimum absolute atomic E-state index is 0.0370. The molecule has 0 saturated carbocycles. The molecule has 9 nitrogen and oxygen atoms in total. The SMILES string of the molecule is O=c1ccn([C@@H]2O[C@H](COC(c3ccccc3)(c3ccccc3)c3ccccc3)[C@H](O)[C@H]2N2CCOCC2)c(=O)[nH]1. The Hall–Kier alpha value is -3.86. The molecule has 6 rings (SSSR count). The topological polar surface area (TPSA) is 106 Å². The van der Waals surface area contributed by atoms with Crippen molar-refractivity contribution in [1.29, 1.82) is 0 Å². The van der Waals surface area contributed by atoms with E-state index in [1.807, 2.05) is 91.0 Å². The molecule has 212 valence electrons. The van der Waals surface area contributed by atoms with E-state index in [1.165, 1.54) is 16.8 Å². The van der Waals surface area contributed by atoms with Crippen molar-refractivity contribution in [3.8, 4) is 0 Å². The number of hydrogen-bond acceptors (Lipinski definition) is 7. The maximum atomic E-state index is 12.8. The zero-order chi connectivity index (χ0) is 28.2. The summed E-state index contributed by atoms with van der Waals surface area (Å²) >= 11 is 0. The van der Waals surface area contributed by atoms with Crippen LogP contribution in [0, 0.1) is 0 Å². The normalized spacial score (nSPS) is 23.4. The summed E-state index contributed by atoms with van der Waals surface area (Å²) in [5.41, 5.74) is 0.718. The molecular weight excluding hydrogens is 522 g/mol. The third-order valence-electron chi connectivity index (χ3n) is 7.93. The van der Waals surface area contributed by atoms with Gasteiger partial charge in [-0.3, -0.25) is 19.2 Å². The molecule has 0 amide bonds. The van der Waals surface area contributed by atoms with Crippen LogP contribution in [0.15, 0.2) is 113 Å². The average Bonchev–Trinajstić information content (AvgIpc) is 3.35. The zero-order valence-corrected chi connectivity index (χ0v) is 22.5. The third kappa shape index (κ3) is 5.30. The summed E-state index contributed by atoms with van der Waals surface area (Å²) < 4.78 is 20.2. The van der Waals surface area contributed by atoms with Crippen LogP contribution in [0.2, 0.25) is 0 Å². The van der Waals surface area contributed by atoms with Crippen molar-refractivity contribution in [1.82, 2.24) is 14.5 Å². The lowest BCUT2D eigenvalue weighted by molar-refractivity contribution is -0.0958. The minimum Gasteiger partial charge on any atom is -0.388 e. The van der Waals surface area contributed by atoms with Gasteiger partial charge >= 0.3 is 5.69 Å². The van der Waals surface area contributed by atoms with Crippen molar-refractivity contribution >= 4 is 0 Å². The Morgan fingerprint density at radius 2 is 1.37 bits per heavy atom. The van der Waals surface area contributed by atoms with Gasteiger partial charge in [-0.25, -0.2) is 4.79 Å². The maximum Gasteiger partial charge on any atom is 0.330 e. The molecule has 0 radical (unpaired) electrons. The molecule has 0 unspecified atom stereocenters. The molecule has 0 bridgehead atoms. The Kier molecular flexibility index (Phi) is 7.95. The monoisotopic (exact) mass is 555 g/mol. The van der Waals surface area contributed by atoms with E-state index >= 15 is 0 Å². The first-order valence-electron chi connectivity index (χ1n) is 13.9. The third-order valence-corrected chi connectivity index (χ3v) is 7.93. The van der Waals surface area contributed by atoms with Gasteiger partial charge in [0.05, 0.1) is 25.9 Å². The van der Waals surface area contributed by atoms with Gasteiger partial charge in [-0.2, -0.15) is 0 Å². The van der Waals surface area contributed by atoms with Crippen LogP contribution >= 0.6 is 0 Å². The van der Waals surface area contributed by atoms with E-state index in [0.29, 0.717) is 26.3 Å². The molecule has 0 aliphatic carbocycles. The quantitative estimate of drug-likeness (QED) is 0.322. The number of aliphatic hydroxyl groups is 1. The van der Waals surface area contributed by atoms with Gasteiger partial charge in [0.2, 0.25) is 0 Å². The summed E-state index contributed by atoms with van der Waals surface area (Å²) in [5.74, 6) is 0. The first-order chi connectivity index (χ1) is 20.1. The van der Waals surface area contributed by atoms with Gasteiger partial charge in [0, 0.05) is 25.4 Å². The molecule has 2 saturated heterocycles. The predicted molar refractivity (Wildman–Crippen MR) is 153 cm³/mol. The van der Waals surface area contributed by atoms with Crippen LogP contribution in [0.1, 0.15) is 22.9 Å².